The highest BCUT2D eigenvalue weighted by Gasteiger charge is 2.39. The van der Waals surface area contributed by atoms with E-state index in [4.69, 9.17) is 21.1 Å². The number of ether oxygens (including phenoxy) is 2. The van der Waals surface area contributed by atoms with E-state index in [0.29, 0.717) is 49.4 Å². The number of hydrogen-bond donors (Lipinski definition) is 0. The van der Waals surface area contributed by atoms with E-state index in [2.05, 4.69) is 13.8 Å². The second kappa shape index (κ2) is 6.80. The molecule has 0 atom stereocenters. The maximum absolute atomic E-state index is 12.8. The van der Waals surface area contributed by atoms with Gasteiger partial charge in [0.05, 0.1) is 18.8 Å². The molecule has 4 nitrogen and oxygen atoms in total. The van der Waals surface area contributed by atoms with E-state index in [9.17, 15) is 4.79 Å². The number of halogens is 1. The lowest BCUT2D eigenvalue weighted by atomic mass is 9.91. The van der Waals surface area contributed by atoms with Crippen molar-refractivity contribution in [3.05, 3.63) is 34.3 Å². The van der Waals surface area contributed by atoms with Crippen molar-refractivity contribution in [3.63, 3.8) is 0 Å². The van der Waals surface area contributed by atoms with Gasteiger partial charge in [-0.2, -0.15) is 0 Å². The summed E-state index contributed by atoms with van der Waals surface area (Å²) < 4.78 is 11.4. The van der Waals surface area contributed by atoms with Crippen molar-refractivity contribution in [1.82, 2.24) is 4.90 Å². The third kappa shape index (κ3) is 3.54. The average molecular weight is 338 g/mol. The van der Waals surface area contributed by atoms with Gasteiger partial charge in [-0.15, -0.1) is 0 Å². The van der Waals surface area contributed by atoms with Crippen LogP contribution in [0.25, 0.3) is 0 Å². The van der Waals surface area contributed by atoms with Crippen LogP contribution >= 0.6 is 11.6 Å². The zero-order chi connectivity index (χ0) is 16.4. The molecule has 0 aromatic heterocycles. The van der Waals surface area contributed by atoms with Crippen LogP contribution in [0.1, 0.15) is 48.5 Å². The Labute approximate surface area is 142 Å². The molecule has 2 aliphatic rings. The molecule has 2 heterocycles. The Morgan fingerprint density at radius 2 is 2.00 bits per heavy atom. The molecule has 2 aliphatic heterocycles. The number of morpholine rings is 1. The first kappa shape index (κ1) is 16.7. The molecule has 23 heavy (non-hydrogen) atoms. The number of carbonyl (C=O) groups is 1. The molecular formula is C18H24ClNO3. The predicted molar refractivity (Wildman–Crippen MR) is 90.2 cm³/mol. The van der Waals surface area contributed by atoms with Gasteiger partial charge in [-0.05, 0) is 23.6 Å². The highest BCUT2D eigenvalue weighted by atomic mass is 35.5. The molecule has 0 bridgehead atoms. The standard InChI is InChI=1S/C18H24ClNO3/c1-13(2)15-4-3-14(11-16(15)19)17(21)20-7-10-23-18(12-20)5-8-22-9-6-18/h3-4,11,13H,5-10,12H2,1-2H3. The van der Waals surface area contributed by atoms with Crippen molar-refractivity contribution in [3.8, 4) is 0 Å². The summed E-state index contributed by atoms with van der Waals surface area (Å²) in [7, 11) is 0. The third-order valence-electron chi connectivity index (χ3n) is 4.81. The van der Waals surface area contributed by atoms with E-state index in [1.54, 1.807) is 6.07 Å². The summed E-state index contributed by atoms with van der Waals surface area (Å²) in [6, 6.07) is 5.64. The predicted octanol–water partition coefficient (Wildman–Crippen LogP) is 3.49. The van der Waals surface area contributed by atoms with Gasteiger partial charge in [0.2, 0.25) is 0 Å². The second-order valence-corrected chi connectivity index (χ2v) is 7.17. The van der Waals surface area contributed by atoms with Crippen LogP contribution in [0.15, 0.2) is 18.2 Å². The summed E-state index contributed by atoms with van der Waals surface area (Å²) in [4.78, 5) is 14.7. The molecule has 126 valence electrons. The van der Waals surface area contributed by atoms with E-state index < -0.39 is 0 Å². The number of benzene rings is 1. The van der Waals surface area contributed by atoms with Gasteiger partial charge < -0.3 is 14.4 Å². The minimum absolute atomic E-state index is 0.0383. The second-order valence-electron chi connectivity index (χ2n) is 6.76. The smallest absolute Gasteiger partial charge is 0.254 e. The van der Waals surface area contributed by atoms with E-state index in [1.807, 2.05) is 17.0 Å². The average Bonchev–Trinajstić information content (AvgIpc) is 2.54. The van der Waals surface area contributed by atoms with Crippen LogP contribution in [0.2, 0.25) is 5.02 Å². The fourth-order valence-electron chi connectivity index (χ4n) is 3.38. The first-order valence-electron chi connectivity index (χ1n) is 8.31. The topological polar surface area (TPSA) is 38.8 Å². The van der Waals surface area contributed by atoms with E-state index in [-0.39, 0.29) is 11.5 Å². The van der Waals surface area contributed by atoms with Crippen LogP contribution in [0.5, 0.6) is 0 Å². The highest BCUT2D eigenvalue weighted by molar-refractivity contribution is 6.31. The van der Waals surface area contributed by atoms with Crippen molar-refractivity contribution in [2.45, 2.75) is 38.2 Å². The summed E-state index contributed by atoms with van der Waals surface area (Å²) in [6.07, 6.45) is 1.70. The van der Waals surface area contributed by atoms with Crippen LogP contribution in [0, 0.1) is 0 Å². The van der Waals surface area contributed by atoms with Gasteiger partial charge in [0.25, 0.3) is 5.91 Å². The molecule has 1 amide bonds. The molecule has 0 N–H and O–H groups in total. The summed E-state index contributed by atoms with van der Waals surface area (Å²) in [5.41, 5.74) is 1.50. The van der Waals surface area contributed by atoms with E-state index >= 15 is 0 Å². The van der Waals surface area contributed by atoms with Gasteiger partial charge >= 0.3 is 0 Å². The van der Waals surface area contributed by atoms with Crippen LogP contribution in [-0.2, 0) is 9.47 Å². The molecule has 1 aromatic carbocycles. The minimum Gasteiger partial charge on any atom is -0.381 e. The summed E-state index contributed by atoms with van der Waals surface area (Å²) in [6.45, 7) is 7.46. The number of rotatable bonds is 2. The minimum atomic E-state index is -0.228. The van der Waals surface area contributed by atoms with E-state index in [0.717, 1.165) is 18.4 Å². The lowest BCUT2D eigenvalue weighted by molar-refractivity contribution is -0.146. The molecule has 2 fully saturated rings. The first-order valence-corrected chi connectivity index (χ1v) is 8.69. The largest absolute Gasteiger partial charge is 0.381 e. The van der Waals surface area contributed by atoms with Crippen molar-refractivity contribution in [2.24, 2.45) is 0 Å². The molecule has 1 spiro atoms. The maximum Gasteiger partial charge on any atom is 0.254 e. The van der Waals surface area contributed by atoms with Gasteiger partial charge in [0.15, 0.2) is 0 Å². The van der Waals surface area contributed by atoms with Gasteiger partial charge in [-0.3, -0.25) is 4.79 Å². The van der Waals surface area contributed by atoms with Crippen molar-refractivity contribution < 1.29 is 14.3 Å². The molecule has 0 radical (unpaired) electrons. The quantitative estimate of drug-likeness (QED) is 0.829. The van der Waals surface area contributed by atoms with Crippen molar-refractivity contribution in [1.29, 1.82) is 0 Å². The normalized spacial score (nSPS) is 21.0. The Morgan fingerprint density at radius 1 is 1.26 bits per heavy atom. The van der Waals surface area contributed by atoms with Gasteiger partial charge in [-0.25, -0.2) is 0 Å². The monoisotopic (exact) mass is 337 g/mol. The summed E-state index contributed by atoms with van der Waals surface area (Å²) in [5, 5.41) is 0.667. The Hall–Kier alpha value is -1.10. The van der Waals surface area contributed by atoms with Gasteiger partial charge in [0.1, 0.15) is 0 Å². The van der Waals surface area contributed by atoms with E-state index in [1.165, 1.54) is 0 Å². The summed E-state index contributed by atoms with van der Waals surface area (Å²) in [5.74, 6) is 0.386. The molecular weight excluding hydrogens is 314 g/mol. The Kier molecular flexibility index (Phi) is 4.95. The number of amides is 1. The molecule has 3 rings (SSSR count). The fourth-order valence-corrected chi connectivity index (χ4v) is 3.77. The maximum atomic E-state index is 12.8. The van der Waals surface area contributed by atoms with Crippen LogP contribution in [-0.4, -0.2) is 49.3 Å². The molecule has 5 heteroatoms. The highest BCUT2D eigenvalue weighted by Crippen LogP contribution is 2.30. The third-order valence-corrected chi connectivity index (χ3v) is 5.14. The van der Waals surface area contributed by atoms with Crippen LogP contribution in [0.3, 0.4) is 0 Å². The van der Waals surface area contributed by atoms with Gasteiger partial charge in [0, 0.05) is 43.2 Å². The molecule has 2 saturated heterocycles. The van der Waals surface area contributed by atoms with Crippen LogP contribution < -0.4 is 0 Å². The van der Waals surface area contributed by atoms with Crippen molar-refractivity contribution >= 4 is 17.5 Å². The zero-order valence-electron chi connectivity index (χ0n) is 13.8. The molecule has 0 unspecified atom stereocenters. The summed E-state index contributed by atoms with van der Waals surface area (Å²) >= 11 is 6.34. The molecule has 1 aromatic rings. The Balaban J connectivity index is 1.76. The molecule has 0 saturated carbocycles. The number of carbonyl (C=O) groups excluding carboxylic acids is 1. The zero-order valence-corrected chi connectivity index (χ0v) is 14.6. The molecule has 0 aliphatic carbocycles. The van der Waals surface area contributed by atoms with Gasteiger partial charge in [-0.1, -0.05) is 31.5 Å². The number of nitrogens with zero attached hydrogens (tertiary/aromatic N) is 1. The Morgan fingerprint density at radius 3 is 2.65 bits per heavy atom. The number of hydrogen-bond acceptors (Lipinski definition) is 3. The van der Waals surface area contributed by atoms with Crippen molar-refractivity contribution in [2.75, 3.05) is 32.9 Å². The first-order chi connectivity index (χ1) is 11.0. The lowest BCUT2D eigenvalue weighted by Gasteiger charge is -2.44. The van der Waals surface area contributed by atoms with Crippen LogP contribution in [0.4, 0.5) is 0 Å². The SMILES string of the molecule is CC(C)c1ccc(C(=O)N2CCOC3(CCOCC3)C2)cc1Cl. The lowest BCUT2D eigenvalue weighted by Crippen LogP contribution is -2.55. The fraction of sp³-hybridized carbons (Fsp3) is 0.611. The Bertz CT molecular complexity index is 576.